The smallest absolute Gasteiger partial charge is 0.0741 e. The van der Waals surface area contributed by atoms with Gasteiger partial charge in [-0.05, 0) is 37.5 Å². The summed E-state index contributed by atoms with van der Waals surface area (Å²) < 4.78 is 11.5. The van der Waals surface area contributed by atoms with E-state index >= 15 is 0 Å². The van der Waals surface area contributed by atoms with Crippen molar-refractivity contribution >= 4 is 0 Å². The van der Waals surface area contributed by atoms with Crippen LogP contribution in [0, 0.1) is 5.41 Å². The molecule has 0 aromatic heterocycles. The minimum Gasteiger partial charge on any atom is -0.396 e. The summed E-state index contributed by atoms with van der Waals surface area (Å²) in [7, 11) is 0. The SMILES string of the molecule is CC(C)(CCO)CNC1CCOC2(CCOCC2)C1. The summed E-state index contributed by atoms with van der Waals surface area (Å²) in [5.74, 6) is 0. The van der Waals surface area contributed by atoms with Gasteiger partial charge in [-0.1, -0.05) is 13.8 Å². The second-order valence-electron chi connectivity index (χ2n) is 6.85. The molecule has 2 saturated heterocycles. The summed E-state index contributed by atoms with van der Waals surface area (Å²) in [6, 6.07) is 0.546. The van der Waals surface area contributed by atoms with E-state index in [1.165, 1.54) is 0 Å². The Balaban J connectivity index is 1.81. The monoisotopic (exact) mass is 271 g/mol. The lowest BCUT2D eigenvalue weighted by molar-refractivity contribution is -0.140. The minimum atomic E-state index is 0.0648. The zero-order valence-corrected chi connectivity index (χ0v) is 12.4. The first kappa shape index (κ1) is 15.2. The highest BCUT2D eigenvalue weighted by molar-refractivity contribution is 4.92. The molecular weight excluding hydrogens is 242 g/mol. The molecular formula is C15H29NO3. The van der Waals surface area contributed by atoms with Crippen LogP contribution in [-0.4, -0.2) is 49.7 Å². The lowest BCUT2D eigenvalue weighted by Gasteiger charge is -2.44. The van der Waals surface area contributed by atoms with Crippen molar-refractivity contribution in [3.63, 3.8) is 0 Å². The number of ether oxygens (including phenoxy) is 2. The minimum absolute atomic E-state index is 0.0648. The van der Waals surface area contributed by atoms with Crippen molar-refractivity contribution in [1.29, 1.82) is 0 Å². The molecule has 2 aliphatic rings. The van der Waals surface area contributed by atoms with Gasteiger partial charge in [0.25, 0.3) is 0 Å². The van der Waals surface area contributed by atoms with Gasteiger partial charge in [-0.25, -0.2) is 0 Å². The number of aliphatic hydroxyl groups excluding tert-OH is 1. The number of aliphatic hydroxyl groups is 1. The van der Waals surface area contributed by atoms with Crippen molar-refractivity contribution in [3.05, 3.63) is 0 Å². The van der Waals surface area contributed by atoms with Crippen molar-refractivity contribution in [2.24, 2.45) is 5.41 Å². The van der Waals surface area contributed by atoms with Crippen LogP contribution in [0.5, 0.6) is 0 Å². The molecule has 0 radical (unpaired) electrons. The quantitative estimate of drug-likeness (QED) is 0.799. The van der Waals surface area contributed by atoms with E-state index in [1.807, 2.05) is 0 Å². The maximum atomic E-state index is 9.08. The summed E-state index contributed by atoms with van der Waals surface area (Å²) in [5.41, 5.74) is 0.227. The molecule has 2 aliphatic heterocycles. The van der Waals surface area contributed by atoms with Gasteiger partial charge in [0.1, 0.15) is 0 Å². The Bertz CT molecular complexity index is 269. The zero-order valence-electron chi connectivity index (χ0n) is 12.4. The maximum absolute atomic E-state index is 9.08. The van der Waals surface area contributed by atoms with E-state index in [0.717, 1.165) is 58.5 Å². The molecule has 2 rings (SSSR count). The topological polar surface area (TPSA) is 50.7 Å². The van der Waals surface area contributed by atoms with Crippen LogP contribution in [0.4, 0.5) is 0 Å². The van der Waals surface area contributed by atoms with Gasteiger partial charge in [0, 0.05) is 39.0 Å². The fourth-order valence-corrected chi connectivity index (χ4v) is 3.11. The van der Waals surface area contributed by atoms with Crippen LogP contribution in [0.2, 0.25) is 0 Å². The molecule has 2 fully saturated rings. The highest BCUT2D eigenvalue weighted by Gasteiger charge is 2.39. The summed E-state index contributed by atoms with van der Waals surface area (Å²) in [6.07, 6.45) is 5.11. The van der Waals surface area contributed by atoms with E-state index in [4.69, 9.17) is 14.6 Å². The normalized spacial score (nSPS) is 27.6. The van der Waals surface area contributed by atoms with Crippen LogP contribution in [0.3, 0.4) is 0 Å². The Morgan fingerprint density at radius 1 is 1.26 bits per heavy atom. The Morgan fingerprint density at radius 2 is 2.00 bits per heavy atom. The molecule has 0 bridgehead atoms. The Morgan fingerprint density at radius 3 is 2.68 bits per heavy atom. The number of hydrogen-bond acceptors (Lipinski definition) is 4. The zero-order chi connectivity index (χ0) is 13.8. The largest absolute Gasteiger partial charge is 0.396 e. The second-order valence-corrected chi connectivity index (χ2v) is 6.85. The van der Waals surface area contributed by atoms with Crippen molar-refractivity contribution in [3.8, 4) is 0 Å². The molecule has 1 spiro atoms. The third-order valence-electron chi connectivity index (χ3n) is 4.55. The second kappa shape index (κ2) is 6.53. The first-order chi connectivity index (χ1) is 9.05. The molecule has 0 saturated carbocycles. The molecule has 0 amide bonds. The molecule has 2 N–H and O–H groups in total. The molecule has 1 unspecified atom stereocenters. The highest BCUT2D eigenvalue weighted by atomic mass is 16.5. The molecule has 4 heteroatoms. The Kier molecular flexibility index (Phi) is 5.23. The lowest BCUT2D eigenvalue weighted by Crippen LogP contribution is -2.51. The highest BCUT2D eigenvalue weighted by Crippen LogP contribution is 2.34. The van der Waals surface area contributed by atoms with Crippen molar-refractivity contribution < 1.29 is 14.6 Å². The standard InChI is InChI=1S/C15H29NO3/c1-14(2,4-7-17)12-16-13-3-8-19-15(11-13)5-9-18-10-6-15/h13,16-17H,3-12H2,1-2H3. The van der Waals surface area contributed by atoms with Crippen LogP contribution in [0.15, 0.2) is 0 Å². The van der Waals surface area contributed by atoms with Gasteiger partial charge < -0.3 is 19.9 Å². The molecule has 0 aromatic carbocycles. The first-order valence-corrected chi connectivity index (χ1v) is 7.61. The summed E-state index contributed by atoms with van der Waals surface area (Å²) in [5, 5.41) is 12.8. The third kappa shape index (κ3) is 4.42. The fraction of sp³-hybridized carbons (Fsp3) is 1.00. The number of nitrogens with one attached hydrogen (secondary N) is 1. The van der Waals surface area contributed by atoms with E-state index in [9.17, 15) is 0 Å². The van der Waals surface area contributed by atoms with E-state index in [-0.39, 0.29) is 17.6 Å². The van der Waals surface area contributed by atoms with Crippen LogP contribution in [0.1, 0.15) is 46.0 Å². The van der Waals surface area contributed by atoms with Crippen molar-refractivity contribution in [1.82, 2.24) is 5.32 Å². The first-order valence-electron chi connectivity index (χ1n) is 7.61. The lowest BCUT2D eigenvalue weighted by atomic mass is 9.83. The van der Waals surface area contributed by atoms with Gasteiger partial charge in [-0.15, -0.1) is 0 Å². The Hall–Kier alpha value is -0.160. The fourth-order valence-electron chi connectivity index (χ4n) is 3.11. The van der Waals surface area contributed by atoms with Crippen LogP contribution < -0.4 is 5.32 Å². The molecule has 0 aromatic rings. The van der Waals surface area contributed by atoms with Crippen LogP contribution in [-0.2, 0) is 9.47 Å². The van der Waals surface area contributed by atoms with E-state index in [1.54, 1.807) is 0 Å². The van der Waals surface area contributed by atoms with Gasteiger partial charge in [0.2, 0.25) is 0 Å². The van der Waals surface area contributed by atoms with Crippen molar-refractivity contribution in [2.75, 3.05) is 33.0 Å². The Labute approximate surface area is 116 Å². The van der Waals surface area contributed by atoms with E-state index in [0.29, 0.717) is 6.04 Å². The van der Waals surface area contributed by atoms with E-state index < -0.39 is 0 Å². The van der Waals surface area contributed by atoms with Gasteiger partial charge in [0.15, 0.2) is 0 Å². The summed E-state index contributed by atoms with van der Waals surface area (Å²) >= 11 is 0. The molecule has 1 atom stereocenters. The number of hydrogen-bond donors (Lipinski definition) is 2. The average Bonchev–Trinajstić information content (AvgIpc) is 2.38. The van der Waals surface area contributed by atoms with Gasteiger partial charge in [0.05, 0.1) is 5.60 Å². The predicted molar refractivity (Wildman–Crippen MR) is 75.2 cm³/mol. The summed E-state index contributed by atoms with van der Waals surface area (Å²) in [6.45, 7) is 8.18. The molecule has 0 aliphatic carbocycles. The molecule has 4 nitrogen and oxygen atoms in total. The van der Waals surface area contributed by atoms with Gasteiger partial charge >= 0.3 is 0 Å². The molecule has 2 heterocycles. The third-order valence-corrected chi connectivity index (χ3v) is 4.55. The summed E-state index contributed by atoms with van der Waals surface area (Å²) in [4.78, 5) is 0. The number of rotatable bonds is 5. The van der Waals surface area contributed by atoms with Crippen LogP contribution in [0.25, 0.3) is 0 Å². The maximum Gasteiger partial charge on any atom is 0.0741 e. The van der Waals surface area contributed by atoms with Gasteiger partial charge in [-0.2, -0.15) is 0 Å². The molecule has 112 valence electrons. The predicted octanol–water partition coefficient (Wildman–Crippen LogP) is 1.71. The van der Waals surface area contributed by atoms with Crippen LogP contribution >= 0.6 is 0 Å². The molecule has 19 heavy (non-hydrogen) atoms. The van der Waals surface area contributed by atoms with E-state index in [2.05, 4.69) is 19.2 Å². The van der Waals surface area contributed by atoms with Crippen molar-refractivity contribution in [2.45, 2.75) is 57.6 Å². The average molecular weight is 271 g/mol. The van der Waals surface area contributed by atoms with Gasteiger partial charge in [-0.3, -0.25) is 0 Å².